The molecule has 0 saturated carbocycles. The van der Waals surface area contributed by atoms with Crippen LogP contribution in [0.5, 0.6) is 0 Å². The molecule has 0 atom stereocenters. The number of rotatable bonds is 5. The van der Waals surface area contributed by atoms with Crippen LogP contribution in [0.1, 0.15) is 0 Å². The predicted molar refractivity (Wildman–Crippen MR) is 240 cm³/mol. The zero-order valence-corrected chi connectivity index (χ0v) is 31.3. The van der Waals surface area contributed by atoms with Crippen molar-refractivity contribution in [3.63, 3.8) is 0 Å². The van der Waals surface area contributed by atoms with E-state index in [1.54, 1.807) is 0 Å². The first kappa shape index (κ1) is 32.4. The van der Waals surface area contributed by atoms with E-state index in [2.05, 4.69) is 149 Å². The van der Waals surface area contributed by atoms with Gasteiger partial charge in [-0.15, -0.1) is 0 Å². The molecule has 0 aliphatic carbocycles. The van der Waals surface area contributed by atoms with Gasteiger partial charge in [0.05, 0.1) is 27.8 Å². The van der Waals surface area contributed by atoms with E-state index in [0.717, 1.165) is 44.4 Å². The Morgan fingerprint density at radius 2 is 0.862 bits per heavy atom. The third kappa shape index (κ3) is 5.00. The largest absolute Gasteiger partial charge is 0.309 e. The van der Waals surface area contributed by atoms with Crippen LogP contribution >= 0.6 is 0 Å². The minimum Gasteiger partial charge on any atom is -0.309 e. The Morgan fingerprint density at radius 1 is 0.293 bits per heavy atom. The van der Waals surface area contributed by atoms with Crippen LogP contribution < -0.4 is 0 Å². The SMILES string of the molecule is c1ccc(-c2nc(-c3ccccc3)nc(-c3ccc4c(-n5c6ccccc6c6cc7c8ccc9ccccc9c8n(-c8ccccc8)c7cc65)cccc4c3)n2)cc1. The number of hydrogen-bond donors (Lipinski definition) is 0. The van der Waals surface area contributed by atoms with E-state index in [0.29, 0.717) is 17.5 Å². The van der Waals surface area contributed by atoms with Crippen molar-refractivity contribution >= 4 is 65.2 Å². The first-order chi connectivity index (χ1) is 28.8. The van der Waals surface area contributed by atoms with E-state index >= 15 is 0 Å². The van der Waals surface area contributed by atoms with E-state index in [1.165, 1.54) is 48.9 Å². The summed E-state index contributed by atoms with van der Waals surface area (Å²) in [5, 5.41) is 9.66. The van der Waals surface area contributed by atoms with Crippen molar-refractivity contribution in [2.24, 2.45) is 0 Å². The van der Waals surface area contributed by atoms with E-state index in [9.17, 15) is 0 Å². The van der Waals surface area contributed by atoms with Crippen LogP contribution in [0.2, 0.25) is 0 Å². The Labute approximate surface area is 333 Å². The molecule has 0 saturated heterocycles. The van der Waals surface area contributed by atoms with Gasteiger partial charge in [0.2, 0.25) is 0 Å². The number of fused-ring (bicyclic) bond motifs is 9. The number of benzene rings is 9. The third-order valence-corrected chi connectivity index (χ3v) is 11.5. The molecule has 0 bridgehead atoms. The Kier molecular flexibility index (Phi) is 7.16. The predicted octanol–water partition coefficient (Wildman–Crippen LogP) is 13.4. The van der Waals surface area contributed by atoms with Crippen molar-refractivity contribution in [2.75, 3.05) is 0 Å². The molecule has 5 heteroatoms. The topological polar surface area (TPSA) is 48.5 Å². The minimum absolute atomic E-state index is 0.639. The highest BCUT2D eigenvalue weighted by molar-refractivity contribution is 6.23. The fourth-order valence-electron chi connectivity index (χ4n) is 8.88. The summed E-state index contributed by atoms with van der Waals surface area (Å²) >= 11 is 0. The van der Waals surface area contributed by atoms with Gasteiger partial charge in [-0.1, -0.05) is 158 Å². The second-order valence-electron chi connectivity index (χ2n) is 14.8. The maximum absolute atomic E-state index is 5.03. The number of hydrogen-bond acceptors (Lipinski definition) is 3. The molecule has 0 aliphatic heterocycles. The Morgan fingerprint density at radius 3 is 1.60 bits per heavy atom. The highest BCUT2D eigenvalue weighted by Crippen LogP contribution is 2.42. The van der Waals surface area contributed by atoms with Crippen molar-refractivity contribution < 1.29 is 0 Å². The van der Waals surface area contributed by atoms with Gasteiger partial charge in [-0.2, -0.15) is 0 Å². The molecule has 0 aliphatic rings. The molecule has 270 valence electrons. The third-order valence-electron chi connectivity index (χ3n) is 11.5. The van der Waals surface area contributed by atoms with Crippen molar-refractivity contribution in [1.29, 1.82) is 0 Å². The number of aromatic nitrogens is 5. The molecule has 12 rings (SSSR count). The molecule has 0 fully saturated rings. The van der Waals surface area contributed by atoms with Gasteiger partial charge >= 0.3 is 0 Å². The fourth-order valence-corrected chi connectivity index (χ4v) is 8.88. The Balaban J connectivity index is 1.10. The molecular formula is C53H33N5. The van der Waals surface area contributed by atoms with E-state index in [-0.39, 0.29) is 0 Å². The number of nitrogens with zero attached hydrogens (tertiary/aromatic N) is 5. The van der Waals surface area contributed by atoms with Gasteiger partial charge in [0.1, 0.15) is 0 Å². The zero-order valence-electron chi connectivity index (χ0n) is 31.3. The van der Waals surface area contributed by atoms with E-state index < -0.39 is 0 Å². The maximum atomic E-state index is 5.03. The Hall–Kier alpha value is -7.89. The molecule has 58 heavy (non-hydrogen) atoms. The van der Waals surface area contributed by atoms with Crippen molar-refractivity contribution in [1.82, 2.24) is 24.1 Å². The molecule has 3 aromatic heterocycles. The summed E-state index contributed by atoms with van der Waals surface area (Å²) in [6.07, 6.45) is 0. The van der Waals surface area contributed by atoms with Crippen molar-refractivity contribution in [2.45, 2.75) is 0 Å². The molecule has 0 radical (unpaired) electrons. The van der Waals surface area contributed by atoms with Crippen LogP contribution in [0.3, 0.4) is 0 Å². The smallest absolute Gasteiger partial charge is 0.164 e. The van der Waals surface area contributed by atoms with Crippen LogP contribution in [-0.2, 0) is 0 Å². The van der Waals surface area contributed by atoms with Crippen molar-refractivity contribution in [3.8, 4) is 45.5 Å². The lowest BCUT2D eigenvalue weighted by molar-refractivity contribution is 1.07. The molecular weight excluding hydrogens is 707 g/mol. The normalized spacial score (nSPS) is 11.8. The molecule has 12 aromatic rings. The van der Waals surface area contributed by atoms with Crippen LogP contribution in [0, 0.1) is 0 Å². The summed E-state index contributed by atoms with van der Waals surface area (Å²) in [4.78, 5) is 15.0. The lowest BCUT2D eigenvalue weighted by Crippen LogP contribution is -2.00. The molecule has 0 N–H and O–H groups in total. The summed E-state index contributed by atoms with van der Waals surface area (Å²) in [6.45, 7) is 0. The van der Waals surface area contributed by atoms with Gasteiger partial charge < -0.3 is 9.13 Å². The van der Waals surface area contributed by atoms with Crippen LogP contribution in [0.25, 0.3) is 111 Å². The minimum atomic E-state index is 0.639. The zero-order chi connectivity index (χ0) is 38.2. The number of para-hydroxylation sites is 2. The average Bonchev–Trinajstić information content (AvgIpc) is 3.80. The lowest BCUT2D eigenvalue weighted by Gasteiger charge is -2.14. The van der Waals surface area contributed by atoms with Gasteiger partial charge in [0, 0.05) is 54.7 Å². The van der Waals surface area contributed by atoms with Crippen LogP contribution in [-0.4, -0.2) is 24.1 Å². The van der Waals surface area contributed by atoms with Gasteiger partial charge in [0.15, 0.2) is 17.5 Å². The summed E-state index contributed by atoms with van der Waals surface area (Å²) in [5.74, 6) is 1.94. The van der Waals surface area contributed by atoms with Gasteiger partial charge in [0.25, 0.3) is 0 Å². The molecule has 5 nitrogen and oxygen atoms in total. The summed E-state index contributed by atoms with van der Waals surface area (Å²) in [7, 11) is 0. The van der Waals surface area contributed by atoms with Crippen LogP contribution in [0.4, 0.5) is 0 Å². The quantitative estimate of drug-likeness (QED) is 0.177. The molecule has 0 amide bonds. The highest BCUT2D eigenvalue weighted by Gasteiger charge is 2.21. The highest BCUT2D eigenvalue weighted by atomic mass is 15.0. The van der Waals surface area contributed by atoms with E-state index in [1.807, 2.05) is 60.7 Å². The van der Waals surface area contributed by atoms with Crippen molar-refractivity contribution in [3.05, 3.63) is 200 Å². The summed E-state index contributed by atoms with van der Waals surface area (Å²) in [5.41, 5.74) is 9.82. The second-order valence-corrected chi connectivity index (χ2v) is 14.8. The molecule has 0 unspecified atom stereocenters. The second kappa shape index (κ2) is 12.8. The molecule has 0 spiro atoms. The van der Waals surface area contributed by atoms with Crippen LogP contribution in [0.15, 0.2) is 200 Å². The van der Waals surface area contributed by atoms with Gasteiger partial charge in [-0.05, 0) is 53.2 Å². The van der Waals surface area contributed by atoms with Gasteiger partial charge in [-0.3, -0.25) is 0 Å². The monoisotopic (exact) mass is 739 g/mol. The molecule has 3 heterocycles. The summed E-state index contributed by atoms with van der Waals surface area (Å²) in [6, 6.07) is 71.0. The summed E-state index contributed by atoms with van der Waals surface area (Å²) < 4.78 is 4.90. The first-order valence-electron chi connectivity index (χ1n) is 19.6. The molecule has 9 aromatic carbocycles. The Bertz CT molecular complexity index is 3490. The van der Waals surface area contributed by atoms with E-state index in [4.69, 9.17) is 15.0 Å². The lowest BCUT2D eigenvalue weighted by atomic mass is 10.0. The average molecular weight is 740 g/mol. The van der Waals surface area contributed by atoms with Gasteiger partial charge in [-0.25, -0.2) is 15.0 Å². The fraction of sp³-hybridized carbons (Fsp3) is 0. The first-order valence-corrected chi connectivity index (χ1v) is 19.6. The standard InChI is InChI=1S/C53H33N5/c1-4-16-35(17-5-1)51-54-52(36-18-6-2-7-19-36)56-53(55-51)38-28-29-40-37(31-38)20-14-26-46(40)58-47-25-13-12-24-42(47)44-32-45-43-30-27-34-15-10-11-23-41(34)50(43)57(48(45)33-49(44)58)39-21-8-3-9-22-39/h1-33H. The maximum Gasteiger partial charge on any atom is 0.164 e.